The van der Waals surface area contributed by atoms with Crippen LogP contribution in [0.3, 0.4) is 0 Å². The molecule has 0 aliphatic carbocycles. The van der Waals surface area contributed by atoms with Crippen LogP contribution in [-0.2, 0) is 0 Å². The molecule has 0 bridgehead atoms. The molecule has 19 heavy (non-hydrogen) atoms. The van der Waals surface area contributed by atoms with Gasteiger partial charge in [0, 0.05) is 6.61 Å². The van der Waals surface area contributed by atoms with Gasteiger partial charge in [0.05, 0.1) is 0 Å². The molecular formula is C16H30O3. The lowest BCUT2D eigenvalue weighted by Gasteiger charge is -2.23. The number of aliphatic hydroxyl groups is 3. The van der Waals surface area contributed by atoms with Crippen LogP contribution >= 0.6 is 0 Å². The van der Waals surface area contributed by atoms with Crippen molar-refractivity contribution < 1.29 is 15.3 Å². The van der Waals surface area contributed by atoms with Gasteiger partial charge in [0.15, 0.2) is 0 Å². The topological polar surface area (TPSA) is 60.7 Å². The summed E-state index contributed by atoms with van der Waals surface area (Å²) >= 11 is 0. The molecule has 0 heterocycles. The van der Waals surface area contributed by atoms with E-state index in [0.29, 0.717) is 24.7 Å². The molecule has 3 nitrogen and oxygen atoms in total. The first kappa shape index (κ1) is 18.4. The zero-order chi connectivity index (χ0) is 15.1. The van der Waals surface area contributed by atoms with Gasteiger partial charge in [-0.3, -0.25) is 0 Å². The van der Waals surface area contributed by atoms with Gasteiger partial charge in [-0.1, -0.05) is 32.6 Å². The molecule has 0 aromatic rings. The SMILES string of the molecule is CC(C)CC(C)(O)C#CC(C)(O)CC(C)CCCO. The summed E-state index contributed by atoms with van der Waals surface area (Å²) in [4.78, 5) is 0. The fraction of sp³-hybridized carbons (Fsp3) is 0.875. The summed E-state index contributed by atoms with van der Waals surface area (Å²) in [7, 11) is 0. The molecule has 3 heteroatoms. The van der Waals surface area contributed by atoms with Crippen LogP contribution in [0.15, 0.2) is 0 Å². The minimum atomic E-state index is -1.09. The van der Waals surface area contributed by atoms with Gasteiger partial charge in [0.25, 0.3) is 0 Å². The van der Waals surface area contributed by atoms with Crippen LogP contribution in [0, 0.1) is 23.7 Å². The Morgan fingerprint density at radius 3 is 1.84 bits per heavy atom. The molecule has 3 unspecified atom stereocenters. The molecule has 0 aliphatic rings. The van der Waals surface area contributed by atoms with Crippen LogP contribution in [0.1, 0.15) is 60.3 Å². The molecule has 0 radical (unpaired) electrons. The minimum Gasteiger partial charge on any atom is -0.396 e. The molecule has 0 fully saturated rings. The number of hydrogen-bond acceptors (Lipinski definition) is 3. The minimum absolute atomic E-state index is 0.182. The summed E-state index contributed by atoms with van der Waals surface area (Å²) in [5.74, 6) is 6.26. The molecule has 0 saturated carbocycles. The van der Waals surface area contributed by atoms with Gasteiger partial charge in [0.2, 0.25) is 0 Å². The Morgan fingerprint density at radius 2 is 1.42 bits per heavy atom. The maximum atomic E-state index is 10.2. The van der Waals surface area contributed by atoms with Crippen molar-refractivity contribution in [2.75, 3.05) is 6.61 Å². The molecule has 112 valence electrons. The van der Waals surface area contributed by atoms with E-state index in [1.54, 1.807) is 13.8 Å². The van der Waals surface area contributed by atoms with Crippen molar-refractivity contribution in [3.05, 3.63) is 0 Å². The Balaban J connectivity index is 4.51. The summed E-state index contributed by atoms with van der Waals surface area (Å²) in [6.45, 7) is 9.65. The van der Waals surface area contributed by atoms with Crippen molar-refractivity contribution in [1.29, 1.82) is 0 Å². The highest BCUT2D eigenvalue weighted by molar-refractivity contribution is 5.19. The molecule has 0 saturated heterocycles. The Kier molecular flexibility index (Phi) is 7.66. The summed E-state index contributed by atoms with van der Waals surface area (Å²) in [6.07, 6.45) is 2.76. The van der Waals surface area contributed by atoms with Gasteiger partial charge in [-0.2, -0.15) is 0 Å². The lowest BCUT2D eigenvalue weighted by atomic mass is 9.89. The first-order chi connectivity index (χ1) is 8.58. The standard InChI is InChI=1S/C16H30O3/c1-13(2)11-15(4,18)8-9-16(5,19)12-14(3)7-6-10-17/h13-14,17-19H,6-7,10-12H2,1-5H3. The molecule has 0 aromatic carbocycles. The third-order valence-electron chi connectivity index (χ3n) is 3.01. The van der Waals surface area contributed by atoms with E-state index in [1.165, 1.54) is 0 Å². The van der Waals surface area contributed by atoms with Crippen molar-refractivity contribution in [2.45, 2.75) is 71.5 Å². The van der Waals surface area contributed by atoms with Crippen molar-refractivity contribution in [2.24, 2.45) is 11.8 Å². The quantitative estimate of drug-likeness (QED) is 0.622. The summed E-state index contributed by atoms with van der Waals surface area (Å²) < 4.78 is 0. The molecule has 3 atom stereocenters. The van der Waals surface area contributed by atoms with Crippen LogP contribution in [0.5, 0.6) is 0 Å². The molecule has 0 amide bonds. The zero-order valence-corrected chi connectivity index (χ0v) is 13.0. The van der Waals surface area contributed by atoms with Gasteiger partial charge in [-0.15, -0.1) is 0 Å². The second kappa shape index (κ2) is 7.89. The zero-order valence-electron chi connectivity index (χ0n) is 13.0. The Morgan fingerprint density at radius 1 is 0.947 bits per heavy atom. The first-order valence-corrected chi connectivity index (χ1v) is 7.18. The molecule has 0 rings (SSSR count). The second-order valence-electron chi connectivity index (χ2n) is 6.57. The maximum Gasteiger partial charge on any atom is 0.123 e. The van der Waals surface area contributed by atoms with Crippen molar-refractivity contribution in [1.82, 2.24) is 0 Å². The fourth-order valence-electron chi connectivity index (χ4n) is 2.39. The highest BCUT2D eigenvalue weighted by Crippen LogP contribution is 2.21. The highest BCUT2D eigenvalue weighted by atomic mass is 16.3. The lowest BCUT2D eigenvalue weighted by molar-refractivity contribution is 0.0826. The van der Waals surface area contributed by atoms with E-state index in [1.807, 2.05) is 20.8 Å². The summed E-state index contributed by atoms with van der Waals surface area (Å²) in [6, 6.07) is 0. The van der Waals surface area contributed by atoms with Crippen LogP contribution < -0.4 is 0 Å². The third kappa shape index (κ3) is 9.95. The van der Waals surface area contributed by atoms with E-state index in [4.69, 9.17) is 5.11 Å². The molecule has 0 aromatic heterocycles. The Labute approximate surface area is 118 Å². The molecule has 0 aliphatic heterocycles. The molecule has 3 N–H and O–H groups in total. The monoisotopic (exact) mass is 270 g/mol. The predicted octanol–water partition coefficient (Wildman–Crippen LogP) is 2.34. The normalized spacial score (nSPS) is 19.2. The van der Waals surface area contributed by atoms with Crippen molar-refractivity contribution >= 4 is 0 Å². The maximum absolute atomic E-state index is 10.2. The number of rotatable bonds is 7. The van der Waals surface area contributed by atoms with Crippen LogP contribution in [0.25, 0.3) is 0 Å². The van der Waals surface area contributed by atoms with E-state index < -0.39 is 11.2 Å². The summed E-state index contributed by atoms with van der Waals surface area (Å²) in [5.41, 5.74) is -2.14. The van der Waals surface area contributed by atoms with E-state index in [-0.39, 0.29) is 6.61 Å². The molecule has 0 spiro atoms. The van der Waals surface area contributed by atoms with E-state index in [2.05, 4.69) is 11.8 Å². The van der Waals surface area contributed by atoms with Gasteiger partial charge >= 0.3 is 0 Å². The van der Waals surface area contributed by atoms with E-state index in [9.17, 15) is 10.2 Å². The average molecular weight is 270 g/mol. The second-order valence-corrected chi connectivity index (χ2v) is 6.57. The average Bonchev–Trinajstić information content (AvgIpc) is 2.22. The van der Waals surface area contributed by atoms with Gasteiger partial charge < -0.3 is 15.3 Å². The van der Waals surface area contributed by atoms with Crippen LogP contribution in [0.4, 0.5) is 0 Å². The number of aliphatic hydroxyl groups excluding tert-OH is 1. The van der Waals surface area contributed by atoms with Crippen LogP contribution in [0.2, 0.25) is 0 Å². The van der Waals surface area contributed by atoms with Gasteiger partial charge in [-0.05, 0) is 51.4 Å². The van der Waals surface area contributed by atoms with E-state index >= 15 is 0 Å². The molecular weight excluding hydrogens is 240 g/mol. The fourth-order valence-corrected chi connectivity index (χ4v) is 2.39. The number of hydrogen-bond donors (Lipinski definition) is 3. The first-order valence-electron chi connectivity index (χ1n) is 7.18. The smallest absolute Gasteiger partial charge is 0.123 e. The van der Waals surface area contributed by atoms with Crippen molar-refractivity contribution in [3.8, 4) is 11.8 Å². The van der Waals surface area contributed by atoms with E-state index in [0.717, 1.165) is 12.8 Å². The predicted molar refractivity (Wildman–Crippen MR) is 78.6 cm³/mol. The Bertz CT molecular complexity index is 308. The van der Waals surface area contributed by atoms with Crippen molar-refractivity contribution in [3.63, 3.8) is 0 Å². The lowest BCUT2D eigenvalue weighted by Crippen LogP contribution is -2.28. The van der Waals surface area contributed by atoms with Gasteiger partial charge in [0.1, 0.15) is 11.2 Å². The third-order valence-corrected chi connectivity index (χ3v) is 3.01. The largest absolute Gasteiger partial charge is 0.396 e. The van der Waals surface area contributed by atoms with Crippen LogP contribution in [-0.4, -0.2) is 33.1 Å². The van der Waals surface area contributed by atoms with Gasteiger partial charge in [-0.25, -0.2) is 0 Å². The highest BCUT2D eigenvalue weighted by Gasteiger charge is 2.23. The summed E-state index contributed by atoms with van der Waals surface area (Å²) in [5, 5.41) is 29.1. The Hall–Kier alpha value is -0.560.